The molecule has 4 rings (SSSR count). The van der Waals surface area contributed by atoms with Crippen molar-refractivity contribution in [1.82, 2.24) is 4.57 Å². The molecule has 4 N–H and O–H groups in total. The zero-order chi connectivity index (χ0) is 31.1. The minimum atomic E-state index is -1.25. The van der Waals surface area contributed by atoms with Crippen LogP contribution in [-0.2, 0) is 4.79 Å². The second-order valence-corrected chi connectivity index (χ2v) is 10.4. The molecule has 4 aromatic rings. The topological polar surface area (TPSA) is 136 Å². The van der Waals surface area contributed by atoms with Crippen LogP contribution < -0.4 is 5.32 Å². The molecule has 222 valence electrons. The van der Waals surface area contributed by atoms with Gasteiger partial charge in [0.15, 0.2) is 0 Å². The molecule has 0 radical (unpaired) electrons. The fourth-order valence-corrected chi connectivity index (χ4v) is 5.03. The van der Waals surface area contributed by atoms with Gasteiger partial charge in [-0.15, -0.1) is 0 Å². The van der Waals surface area contributed by atoms with E-state index in [9.17, 15) is 29.5 Å². The van der Waals surface area contributed by atoms with Gasteiger partial charge in [-0.2, -0.15) is 5.26 Å². The third-order valence-corrected chi connectivity index (χ3v) is 6.82. The molecule has 2 atom stereocenters. The Morgan fingerprint density at radius 2 is 1.64 bits per heavy atom. The molecular weight excluding hydrogens is 572 g/mol. The Balaban J connectivity index is 0.00000529. The van der Waals surface area contributed by atoms with Gasteiger partial charge in [-0.25, -0.2) is 4.39 Å². The Hall–Kier alpha value is -4.04. The number of carbonyl (C=O) groups excluding carboxylic acids is 1. The maximum absolute atomic E-state index is 14.1. The van der Waals surface area contributed by atoms with Crippen molar-refractivity contribution in [1.29, 1.82) is 5.26 Å². The molecule has 1 aromatic heterocycles. The number of hydrogen-bond donors (Lipinski definition) is 4. The van der Waals surface area contributed by atoms with E-state index < -0.39 is 36.3 Å². The van der Waals surface area contributed by atoms with Crippen molar-refractivity contribution in [2.45, 2.75) is 44.9 Å². The number of aliphatic hydroxyl groups is 2. The second-order valence-electron chi connectivity index (χ2n) is 10.4. The number of nitriles is 1. The zero-order valence-corrected chi connectivity index (χ0v) is 23.7. The molecular formula is C34H33FN3NaO5. The SMILES string of the molecule is CC(C)n1c(C=C[C@@H](O)C[C@@H](O)CC(=O)O)c(-c2ccc(F)cc2)c(-c2ccccc2)c1C(=O)Nc1cccc(C#N)c1.[NaH]. The van der Waals surface area contributed by atoms with Crippen molar-refractivity contribution in [3.05, 3.63) is 108 Å². The fourth-order valence-electron chi connectivity index (χ4n) is 5.03. The second kappa shape index (κ2) is 15.6. The van der Waals surface area contributed by atoms with Crippen LogP contribution in [-0.4, -0.2) is 73.5 Å². The summed E-state index contributed by atoms with van der Waals surface area (Å²) in [6, 6.07) is 23.5. The van der Waals surface area contributed by atoms with Gasteiger partial charge in [0.25, 0.3) is 5.91 Å². The van der Waals surface area contributed by atoms with Gasteiger partial charge in [0, 0.05) is 35.0 Å². The normalized spacial score (nSPS) is 12.4. The molecule has 8 nitrogen and oxygen atoms in total. The Morgan fingerprint density at radius 1 is 0.977 bits per heavy atom. The van der Waals surface area contributed by atoms with Gasteiger partial charge >= 0.3 is 35.5 Å². The van der Waals surface area contributed by atoms with Crippen LogP contribution in [0.4, 0.5) is 10.1 Å². The number of carbonyl (C=O) groups is 2. The van der Waals surface area contributed by atoms with E-state index in [4.69, 9.17) is 5.11 Å². The van der Waals surface area contributed by atoms with Crippen LogP contribution >= 0.6 is 0 Å². The van der Waals surface area contributed by atoms with E-state index in [1.54, 1.807) is 42.5 Å². The number of nitrogens with one attached hydrogen (secondary N) is 1. The van der Waals surface area contributed by atoms with E-state index in [-0.39, 0.29) is 42.0 Å². The summed E-state index contributed by atoms with van der Waals surface area (Å²) >= 11 is 0. The molecule has 44 heavy (non-hydrogen) atoms. The third kappa shape index (κ3) is 8.32. The molecule has 0 saturated heterocycles. The Labute approximate surface area is 277 Å². The van der Waals surface area contributed by atoms with Gasteiger partial charge in [-0.1, -0.05) is 54.6 Å². The van der Waals surface area contributed by atoms with Crippen LogP contribution in [0.1, 0.15) is 54.5 Å². The summed E-state index contributed by atoms with van der Waals surface area (Å²) in [6.07, 6.45) is -0.0716. The minimum absolute atomic E-state index is 0. The molecule has 0 saturated carbocycles. The number of rotatable bonds is 11. The van der Waals surface area contributed by atoms with Crippen LogP contribution in [0, 0.1) is 17.1 Å². The summed E-state index contributed by atoms with van der Waals surface area (Å²) in [7, 11) is 0. The standard InChI is InChI=1S/C34H32FN3O5.Na.H/c1-21(2)38-29(16-15-27(39)18-28(40)19-30(41)42)31(24-11-13-25(35)14-12-24)32(23-8-4-3-5-9-23)33(38)34(43)37-26-10-6-7-22(17-26)20-36;;/h3-17,21,27-28,39-40H,18-19H2,1-2H3,(H,37,43)(H,41,42);;/t27-,28-;;/m1../s1. The molecule has 0 unspecified atom stereocenters. The maximum atomic E-state index is 14.1. The Bertz CT molecular complexity index is 1680. The summed E-state index contributed by atoms with van der Waals surface area (Å²) in [6.45, 7) is 3.81. The van der Waals surface area contributed by atoms with Crippen molar-refractivity contribution < 1.29 is 29.3 Å². The number of aromatic nitrogens is 1. The molecule has 1 heterocycles. The first-order chi connectivity index (χ1) is 20.6. The van der Waals surface area contributed by atoms with Gasteiger partial charge in [0.2, 0.25) is 0 Å². The van der Waals surface area contributed by atoms with Crippen LogP contribution in [0.3, 0.4) is 0 Å². The number of aliphatic hydroxyl groups excluding tert-OH is 2. The quantitative estimate of drug-likeness (QED) is 0.164. The first-order valence-electron chi connectivity index (χ1n) is 13.8. The zero-order valence-electron chi connectivity index (χ0n) is 23.7. The number of carboxylic acids is 1. The summed E-state index contributed by atoms with van der Waals surface area (Å²) < 4.78 is 15.9. The number of anilines is 1. The van der Waals surface area contributed by atoms with Crippen molar-refractivity contribution in [2.75, 3.05) is 5.32 Å². The molecule has 0 spiro atoms. The monoisotopic (exact) mass is 605 g/mol. The summed E-state index contributed by atoms with van der Waals surface area (Å²) in [5.41, 5.74) is 4.22. The number of aliphatic carboxylic acids is 1. The fraction of sp³-hybridized carbons (Fsp3) is 0.206. The number of amides is 1. The number of carboxylic acid groups (broad SMARTS) is 1. The van der Waals surface area contributed by atoms with Crippen LogP contribution in [0.15, 0.2) is 84.9 Å². The van der Waals surface area contributed by atoms with E-state index in [0.717, 1.165) is 5.56 Å². The summed E-state index contributed by atoms with van der Waals surface area (Å²) in [4.78, 5) is 25.1. The number of halogens is 1. The average molecular weight is 606 g/mol. The Morgan fingerprint density at radius 3 is 2.25 bits per heavy atom. The first-order valence-corrected chi connectivity index (χ1v) is 13.8. The van der Waals surface area contributed by atoms with Crippen molar-refractivity contribution in [2.24, 2.45) is 0 Å². The van der Waals surface area contributed by atoms with Crippen molar-refractivity contribution in [3.63, 3.8) is 0 Å². The molecule has 1 amide bonds. The first kappa shape index (κ1) is 34.5. The number of nitrogens with zero attached hydrogens (tertiary/aromatic N) is 2. The molecule has 0 fully saturated rings. The van der Waals surface area contributed by atoms with E-state index in [0.29, 0.717) is 39.3 Å². The van der Waals surface area contributed by atoms with E-state index in [1.807, 2.05) is 48.7 Å². The van der Waals surface area contributed by atoms with Crippen LogP contribution in [0.2, 0.25) is 0 Å². The number of hydrogen-bond acceptors (Lipinski definition) is 5. The predicted octanol–water partition coefficient (Wildman–Crippen LogP) is 5.62. The average Bonchev–Trinajstić information content (AvgIpc) is 3.32. The molecule has 0 bridgehead atoms. The van der Waals surface area contributed by atoms with Crippen molar-refractivity contribution >= 4 is 53.2 Å². The molecule has 3 aromatic carbocycles. The predicted molar refractivity (Wildman–Crippen MR) is 170 cm³/mol. The van der Waals surface area contributed by atoms with E-state index >= 15 is 0 Å². The van der Waals surface area contributed by atoms with Gasteiger partial charge < -0.3 is 25.2 Å². The van der Waals surface area contributed by atoms with E-state index in [1.165, 1.54) is 18.2 Å². The van der Waals surface area contributed by atoms with Gasteiger partial charge in [-0.3, -0.25) is 9.59 Å². The van der Waals surface area contributed by atoms with Gasteiger partial charge in [0.05, 0.1) is 30.3 Å². The number of benzene rings is 3. The summed E-state index contributed by atoms with van der Waals surface area (Å²) in [5.74, 6) is -2.05. The molecule has 0 aliphatic rings. The van der Waals surface area contributed by atoms with Gasteiger partial charge in [-0.05, 0) is 61.4 Å². The Kier molecular flexibility index (Phi) is 12.2. The molecule has 10 heteroatoms. The van der Waals surface area contributed by atoms with Crippen molar-refractivity contribution in [3.8, 4) is 28.3 Å². The van der Waals surface area contributed by atoms with E-state index in [2.05, 4.69) is 11.4 Å². The summed E-state index contributed by atoms with van der Waals surface area (Å²) in [5, 5.41) is 41.9. The van der Waals surface area contributed by atoms with Crippen LogP contribution in [0.5, 0.6) is 0 Å². The third-order valence-electron chi connectivity index (χ3n) is 6.82. The molecule has 0 aliphatic heterocycles. The van der Waals surface area contributed by atoms with Gasteiger partial charge in [0.1, 0.15) is 11.5 Å². The van der Waals surface area contributed by atoms with Crippen LogP contribution in [0.25, 0.3) is 28.3 Å². The molecule has 0 aliphatic carbocycles.